The molecule has 2 aromatic rings. The summed E-state index contributed by atoms with van der Waals surface area (Å²) in [4.78, 5) is 3.59. The number of hydrogen-bond acceptors (Lipinski definition) is 1. The molecule has 1 aliphatic heterocycles. The van der Waals surface area contributed by atoms with Crippen LogP contribution in [0.3, 0.4) is 0 Å². The van der Waals surface area contributed by atoms with Crippen LogP contribution in [0.4, 0.5) is 0 Å². The molecule has 0 saturated heterocycles. The second-order valence-corrected chi connectivity index (χ2v) is 7.72. The molecule has 2 nitrogen and oxygen atoms in total. The molecule has 0 radical (unpaired) electrons. The first kappa shape index (κ1) is 14.8. The number of aromatic nitrogens is 1. The average molecular weight is 398 g/mol. The number of halogens is 3. The average Bonchev–Trinajstić information content (AvgIpc) is 2.85. The molecule has 114 valence electrons. The van der Waals surface area contributed by atoms with Crippen LogP contribution in [0, 0.1) is 0 Å². The van der Waals surface area contributed by atoms with Gasteiger partial charge >= 0.3 is 0 Å². The third-order valence-corrected chi connectivity index (χ3v) is 5.62. The Hall–Kier alpha value is -0.740. The van der Waals surface area contributed by atoms with E-state index in [9.17, 15) is 0 Å². The van der Waals surface area contributed by atoms with E-state index in [1.165, 1.54) is 27.7 Å². The van der Waals surface area contributed by atoms with Gasteiger partial charge in [0.15, 0.2) is 0 Å². The summed E-state index contributed by atoms with van der Waals surface area (Å²) in [6, 6.07) is 6.52. The van der Waals surface area contributed by atoms with Crippen LogP contribution in [0.25, 0.3) is 10.9 Å². The van der Waals surface area contributed by atoms with Gasteiger partial charge in [0, 0.05) is 39.1 Å². The fourth-order valence-electron chi connectivity index (χ4n) is 3.41. The zero-order valence-corrected chi connectivity index (χ0v) is 14.9. The lowest BCUT2D eigenvalue weighted by Gasteiger charge is -2.30. The van der Waals surface area contributed by atoms with Crippen molar-refractivity contribution in [2.45, 2.75) is 24.3 Å². The minimum Gasteiger partial charge on any atom is -0.357 e. The molecule has 22 heavy (non-hydrogen) atoms. The monoisotopic (exact) mass is 396 g/mol. The molecule has 2 atom stereocenters. The molecule has 2 unspecified atom stereocenters. The Bertz CT molecular complexity index is 806. The van der Waals surface area contributed by atoms with Crippen molar-refractivity contribution in [3.8, 4) is 0 Å². The third kappa shape index (κ3) is 2.44. The van der Waals surface area contributed by atoms with Gasteiger partial charge in [-0.2, -0.15) is 0 Å². The van der Waals surface area contributed by atoms with Gasteiger partial charge in [-0.1, -0.05) is 33.6 Å². The quantitative estimate of drug-likeness (QED) is 0.637. The summed E-state index contributed by atoms with van der Waals surface area (Å²) in [5, 5.41) is 5.66. The minimum absolute atomic E-state index is 0.0564. The van der Waals surface area contributed by atoms with Crippen LogP contribution in [0.2, 0.25) is 0 Å². The van der Waals surface area contributed by atoms with Crippen molar-refractivity contribution in [2.75, 3.05) is 6.54 Å². The molecule has 1 aliphatic carbocycles. The van der Waals surface area contributed by atoms with Crippen LogP contribution in [0.5, 0.6) is 0 Å². The van der Waals surface area contributed by atoms with E-state index in [1.807, 2.05) is 6.08 Å². The predicted molar refractivity (Wildman–Crippen MR) is 96.7 cm³/mol. The van der Waals surface area contributed by atoms with E-state index in [4.69, 9.17) is 23.2 Å². The van der Waals surface area contributed by atoms with Crippen molar-refractivity contribution >= 4 is 50.0 Å². The van der Waals surface area contributed by atoms with Gasteiger partial charge in [0.25, 0.3) is 0 Å². The van der Waals surface area contributed by atoms with Crippen LogP contribution in [0.15, 0.2) is 45.4 Å². The number of aromatic amines is 1. The highest BCUT2D eigenvalue weighted by molar-refractivity contribution is 9.10. The van der Waals surface area contributed by atoms with Gasteiger partial charge in [-0.25, -0.2) is 0 Å². The van der Waals surface area contributed by atoms with Crippen molar-refractivity contribution in [1.29, 1.82) is 0 Å². The first-order chi connectivity index (χ1) is 10.6. The molecule has 1 aromatic heterocycles. The molecule has 5 heteroatoms. The zero-order chi connectivity index (χ0) is 15.3. The molecule has 0 spiro atoms. The van der Waals surface area contributed by atoms with Gasteiger partial charge in [0.1, 0.15) is 0 Å². The lowest BCUT2D eigenvalue weighted by Crippen LogP contribution is -2.33. The van der Waals surface area contributed by atoms with Crippen LogP contribution in [-0.2, 0) is 6.42 Å². The second kappa shape index (κ2) is 5.72. The van der Waals surface area contributed by atoms with E-state index in [0.29, 0.717) is 6.42 Å². The Morgan fingerprint density at radius 2 is 2.09 bits per heavy atom. The lowest BCUT2D eigenvalue weighted by molar-refractivity contribution is 0.538. The molecule has 0 fully saturated rings. The number of benzene rings is 1. The van der Waals surface area contributed by atoms with Crippen LogP contribution in [0.1, 0.15) is 23.7 Å². The third-order valence-electron chi connectivity index (χ3n) is 4.44. The molecule has 2 aliphatic rings. The van der Waals surface area contributed by atoms with Crippen LogP contribution < -0.4 is 5.32 Å². The predicted octanol–water partition coefficient (Wildman–Crippen LogP) is 5.18. The summed E-state index contributed by atoms with van der Waals surface area (Å²) in [6.45, 7) is 0.954. The molecular formula is C17H15BrCl2N2. The van der Waals surface area contributed by atoms with Crippen molar-refractivity contribution in [3.63, 3.8) is 0 Å². The number of nitrogens with one attached hydrogen (secondary N) is 2. The normalized spacial score (nSPS) is 24.9. The maximum atomic E-state index is 6.55. The standard InChI is InChI=1S/C17H15BrCl2N2/c18-9-1-4-15-13(7-9)11-5-6-21-16(17(11)22-15)12-3-2-10(19)8-14(12)20/h1-4,7,14,16,21-22H,5-6,8H2. The highest BCUT2D eigenvalue weighted by Gasteiger charge is 2.30. The molecule has 0 saturated carbocycles. The van der Waals surface area contributed by atoms with E-state index in [1.54, 1.807) is 0 Å². The second-order valence-electron chi connectivity index (χ2n) is 5.80. The first-order valence-corrected chi connectivity index (χ1v) is 8.98. The molecule has 0 amide bonds. The highest BCUT2D eigenvalue weighted by atomic mass is 79.9. The number of H-pyrrole nitrogens is 1. The molecule has 2 N–H and O–H groups in total. The Morgan fingerprint density at radius 1 is 1.23 bits per heavy atom. The molecule has 1 aromatic carbocycles. The molecule has 2 heterocycles. The van der Waals surface area contributed by atoms with Gasteiger partial charge in [-0.3, -0.25) is 0 Å². The molecule has 0 bridgehead atoms. The van der Waals surface area contributed by atoms with Crippen LogP contribution >= 0.6 is 39.1 Å². The zero-order valence-electron chi connectivity index (χ0n) is 11.8. The van der Waals surface area contributed by atoms with E-state index in [2.05, 4.69) is 50.5 Å². The van der Waals surface area contributed by atoms with Crippen molar-refractivity contribution in [3.05, 3.63) is 56.7 Å². The highest BCUT2D eigenvalue weighted by Crippen LogP contribution is 2.39. The lowest BCUT2D eigenvalue weighted by atomic mass is 9.89. The van der Waals surface area contributed by atoms with Gasteiger partial charge in [-0.15, -0.1) is 11.6 Å². The van der Waals surface area contributed by atoms with E-state index < -0.39 is 0 Å². The Labute approximate surface area is 147 Å². The van der Waals surface area contributed by atoms with E-state index >= 15 is 0 Å². The van der Waals surface area contributed by atoms with Gasteiger partial charge in [0.05, 0.1) is 11.4 Å². The Balaban J connectivity index is 1.84. The fourth-order valence-corrected chi connectivity index (χ4v) is 4.43. The summed E-state index contributed by atoms with van der Waals surface area (Å²) < 4.78 is 1.11. The van der Waals surface area contributed by atoms with Crippen molar-refractivity contribution in [1.82, 2.24) is 10.3 Å². The largest absolute Gasteiger partial charge is 0.357 e. The van der Waals surface area contributed by atoms with Gasteiger partial charge in [-0.05, 0) is 41.8 Å². The summed E-state index contributed by atoms with van der Waals surface area (Å²) >= 11 is 16.2. The smallest absolute Gasteiger partial charge is 0.0709 e. The SMILES string of the molecule is ClC1=CC=C(C2NCCc3c2[nH]c2ccc(Br)cc32)C(Cl)C1. The summed E-state index contributed by atoms with van der Waals surface area (Å²) in [5.74, 6) is 0. The van der Waals surface area contributed by atoms with Gasteiger partial charge < -0.3 is 10.3 Å². The van der Waals surface area contributed by atoms with E-state index in [0.717, 1.165) is 22.5 Å². The summed E-state index contributed by atoms with van der Waals surface area (Å²) in [5.41, 5.74) is 5.00. The number of hydrogen-bond donors (Lipinski definition) is 2. The number of allylic oxidation sites excluding steroid dienone is 3. The maximum absolute atomic E-state index is 6.55. The Kier molecular flexibility index (Phi) is 3.85. The van der Waals surface area contributed by atoms with E-state index in [-0.39, 0.29) is 11.4 Å². The minimum atomic E-state index is -0.0564. The number of fused-ring (bicyclic) bond motifs is 3. The van der Waals surface area contributed by atoms with Crippen LogP contribution in [-0.4, -0.2) is 16.9 Å². The molecular weight excluding hydrogens is 383 g/mol. The number of rotatable bonds is 1. The Morgan fingerprint density at radius 3 is 2.91 bits per heavy atom. The van der Waals surface area contributed by atoms with Crippen molar-refractivity contribution < 1.29 is 0 Å². The summed E-state index contributed by atoms with van der Waals surface area (Å²) in [6.07, 6.45) is 5.76. The molecule has 4 rings (SSSR count). The van der Waals surface area contributed by atoms with Crippen molar-refractivity contribution in [2.24, 2.45) is 0 Å². The first-order valence-electron chi connectivity index (χ1n) is 7.37. The topological polar surface area (TPSA) is 27.8 Å². The summed E-state index contributed by atoms with van der Waals surface area (Å²) in [7, 11) is 0. The van der Waals surface area contributed by atoms with Gasteiger partial charge in [0.2, 0.25) is 0 Å². The maximum Gasteiger partial charge on any atom is 0.0709 e. The number of alkyl halides is 1. The fraction of sp³-hybridized carbons (Fsp3) is 0.294.